The summed E-state index contributed by atoms with van der Waals surface area (Å²) in [5.41, 5.74) is 8.46. The maximum atomic E-state index is 11.3. The Morgan fingerprint density at radius 2 is 1.76 bits per heavy atom. The van der Waals surface area contributed by atoms with E-state index in [1.807, 2.05) is 18.2 Å². The van der Waals surface area contributed by atoms with E-state index < -0.39 is 11.9 Å². The van der Waals surface area contributed by atoms with Gasteiger partial charge in [-0.15, -0.1) is 0 Å². The van der Waals surface area contributed by atoms with Gasteiger partial charge in [-0.25, -0.2) is 4.79 Å². The number of carbonyl (C=O) groups excluding carboxylic acids is 1. The van der Waals surface area contributed by atoms with Crippen molar-refractivity contribution in [3.8, 4) is 11.1 Å². The fourth-order valence-electron chi connectivity index (χ4n) is 2.33. The third kappa shape index (κ3) is 2.25. The Bertz CT molecular complexity index is 848. The van der Waals surface area contributed by atoms with Crippen LogP contribution in [0.1, 0.15) is 20.8 Å². The predicted molar refractivity (Wildman–Crippen MR) is 79.2 cm³/mol. The van der Waals surface area contributed by atoms with Crippen LogP contribution >= 0.6 is 0 Å². The first-order chi connectivity index (χ1) is 10.1. The minimum Gasteiger partial charge on any atom is -0.478 e. The Morgan fingerprint density at radius 1 is 1.05 bits per heavy atom. The van der Waals surface area contributed by atoms with Gasteiger partial charge in [0.1, 0.15) is 5.69 Å². The number of primary amides is 1. The van der Waals surface area contributed by atoms with Crippen molar-refractivity contribution in [1.29, 1.82) is 0 Å². The van der Waals surface area contributed by atoms with Gasteiger partial charge in [-0.2, -0.15) is 0 Å². The zero-order chi connectivity index (χ0) is 15.0. The Balaban J connectivity index is 2.15. The number of aromatic amines is 1. The van der Waals surface area contributed by atoms with Crippen LogP contribution in [-0.2, 0) is 0 Å². The Morgan fingerprint density at radius 3 is 2.38 bits per heavy atom. The first kappa shape index (κ1) is 12.9. The highest BCUT2D eigenvalue weighted by Gasteiger charge is 2.10. The lowest BCUT2D eigenvalue weighted by Crippen LogP contribution is -2.10. The van der Waals surface area contributed by atoms with Crippen LogP contribution in [0.25, 0.3) is 22.0 Å². The molecular weight excluding hydrogens is 268 g/mol. The predicted octanol–water partition coefficient (Wildman–Crippen LogP) is 2.63. The van der Waals surface area contributed by atoms with Crippen molar-refractivity contribution >= 4 is 22.8 Å². The van der Waals surface area contributed by atoms with Gasteiger partial charge in [-0.3, -0.25) is 4.79 Å². The van der Waals surface area contributed by atoms with E-state index in [0.717, 1.165) is 22.0 Å². The van der Waals surface area contributed by atoms with E-state index in [2.05, 4.69) is 4.98 Å². The minimum atomic E-state index is -0.961. The maximum absolute atomic E-state index is 11.3. The molecule has 4 N–H and O–H groups in total. The molecule has 0 atom stereocenters. The van der Waals surface area contributed by atoms with Crippen molar-refractivity contribution < 1.29 is 14.7 Å². The lowest BCUT2D eigenvalue weighted by atomic mass is 10.0. The molecule has 0 aliphatic carbocycles. The number of aromatic nitrogens is 1. The molecular formula is C16H12N2O3. The summed E-state index contributed by atoms with van der Waals surface area (Å²) in [6.07, 6.45) is 0. The molecule has 0 saturated carbocycles. The Labute approximate surface area is 120 Å². The van der Waals surface area contributed by atoms with Gasteiger partial charge in [0.2, 0.25) is 0 Å². The van der Waals surface area contributed by atoms with Crippen LogP contribution in [0.3, 0.4) is 0 Å². The second kappa shape index (κ2) is 4.79. The number of nitrogens with one attached hydrogen (secondary N) is 1. The molecule has 0 bridgehead atoms. The summed E-state index contributed by atoms with van der Waals surface area (Å²) in [6.45, 7) is 0. The summed E-state index contributed by atoms with van der Waals surface area (Å²) < 4.78 is 0. The smallest absolute Gasteiger partial charge is 0.335 e. The number of carboxylic acid groups (broad SMARTS) is 1. The van der Waals surface area contributed by atoms with Gasteiger partial charge in [-0.1, -0.05) is 24.3 Å². The fourth-order valence-corrected chi connectivity index (χ4v) is 2.33. The number of H-pyrrole nitrogens is 1. The standard InChI is InChI=1S/C16H12N2O3/c17-15(19)14-8-12-11(2-1-3-13(12)18-14)9-4-6-10(7-5-9)16(20)21/h1-8,18H,(H2,17,19)(H,20,21). The SMILES string of the molecule is NC(=O)c1cc2c(-c3ccc(C(=O)O)cc3)cccc2[nH]1. The molecule has 0 saturated heterocycles. The first-order valence-electron chi connectivity index (χ1n) is 6.31. The minimum absolute atomic E-state index is 0.234. The number of fused-ring (bicyclic) bond motifs is 1. The second-order valence-electron chi connectivity index (χ2n) is 4.70. The molecule has 5 nitrogen and oxygen atoms in total. The van der Waals surface area contributed by atoms with Gasteiger partial charge in [0.15, 0.2) is 0 Å². The fraction of sp³-hybridized carbons (Fsp3) is 0. The van der Waals surface area contributed by atoms with E-state index in [4.69, 9.17) is 10.8 Å². The lowest BCUT2D eigenvalue weighted by molar-refractivity contribution is 0.0696. The van der Waals surface area contributed by atoms with Gasteiger partial charge < -0.3 is 15.8 Å². The molecule has 3 rings (SSSR count). The van der Waals surface area contributed by atoms with Gasteiger partial charge in [0.25, 0.3) is 5.91 Å². The van der Waals surface area contributed by atoms with Crippen LogP contribution in [0.15, 0.2) is 48.5 Å². The zero-order valence-electron chi connectivity index (χ0n) is 11.0. The molecule has 0 fully saturated rings. The van der Waals surface area contributed by atoms with Crippen molar-refractivity contribution in [3.05, 3.63) is 59.8 Å². The van der Waals surface area contributed by atoms with E-state index in [-0.39, 0.29) is 5.56 Å². The van der Waals surface area contributed by atoms with Gasteiger partial charge >= 0.3 is 5.97 Å². The number of amides is 1. The van der Waals surface area contributed by atoms with Crippen LogP contribution < -0.4 is 5.73 Å². The Hall–Kier alpha value is -3.08. The van der Waals surface area contributed by atoms with Crippen LogP contribution in [0, 0.1) is 0 Å². The molecule has 1 aromatic heterocycles. The molecule has 0 aliphatic rings. The van der Waals surface area contributed by atoms with Crippen molar-refractivity contribution in [3.63, 3.8) is 0 Å². The van der Waals surface area contributed by atoms with Crippen LogP contribution in [-0.4, -0.2) is 22.0 Å². The van der Waals surface area contributed by atoms with Gasteiger partial charge in [0.05, 0.1) is 5.56 Å². The van der Waals surface area contributed by atoms with E-state index in [1.165, 1.54) is 0 Å². The summed E-state index contributed by atoms with van der Waals surface area (Å²) in [4.78, 5) is 25.1. The zero-order valence-corrected chi connectivity index (χ0v) is 11.0. The molecule has 5 heteroatoms. The lowest BCUT2D eigenvalue weighted by Gasteiger charge is -2.04. The van der Waals surface area contributed by atoms with E-state index in [9.17, 15) is 9.59 Å². The molecule has 3 aromatic rings. The molecule has 1 heterocycles. The van der Waals surface area contributed by atoms with E-state index >= 15 is 0 Å². The van der Waals surface area contributed by atoms with E-state index in [1.54, 1.807) is 30.3 Å². The van der Waals surface area contributed by atoms with Crippen molar-refractivity contribution in [1.82, 2.24) is 4.98 Å². The number of nitrogens with two attached hydrogens (primary N) is 1. The van der Waals surface area contributed by atoms with Crippen LogP contribution in [0.2, 0.25) is 0 Å². The number of aromatic carboxylic acids is 1. The topological polar surface area (TPSA) is 96.2 Å². The van der Waals surface area contributed by atoms with Crippen molar-refractivity contribution in [2.75, 3.05) is 0 Å². The molecule has 0 aliphatic heterocycles. The molecule has 0 radical (unpaired) electrons. The van der Waals surface area contributed by atoms with Crippen molar-refractivity contribution in [2.24, 2.45) is 5.73 Å². The Kier molecular flexibility index (Phi) is 2.95. The molecule has 21 heavy (non-hydrogen) atoms. The summed E-state index contributed by atoms with van der Waals surface area (Å²) in [5.74, 6) is -1.48. The largest absolute Gasteiger partial charge is 0.478 e. The molecule has 2 aromatic carbocycles. The number of carbonyl (C=O) groups is 2. The number of hydrogen-bond donors (Lipinski definition) is 3. The number of carboxylic acids is 1. The van der Waals surface area contributed by atoms with Gasteiger partial charge in [-0.05, 0) is 35.4 Å². The van der Waals surface area contributed by atoms with Crippen LogP contribution in [0.4, 0.5) is 0 Å². The normalized spacial score (nSPS) is 10.7. The summed E-state index contributed by atoms with van der Waals surface area (Å²) in [5, 5.41) is 9.80. The quantitative estimate of drug-likeness (QED) is 0.688. The third-order valence-corrected chi connectivity index (χ3v) is 3.37. The first-order valence-corrected chi connectivity index (χ1v) is 6.31. The molecule has 0 unspecified atom stereocenters. The molecule has 0 spiro atoms. The third-order valence-electron chi connectivity index (χ3n) is 3.37. The van der Waals surface area contributed by atoms with Gasteiger partial charge in [0, 0.05) is 10.9 Å². The number of benzene rings is 2. The highest BCUT2D eigenvalue weighted by molar-refractivity contribution is 6.02. The van der Waals surface area contributed by atoms with E-state index in [0.29, 0.717) is 5.69 Å². The number of hydrogen-bond acceptors (Lipinski definition) is 2. The number of rotatable bonds is 3. The van der Waals surface area contributed by atoms with Crippen molar-refractivity contribution in [2.45, 2.75) is 0 Å². The monoisotopic (exact) mass is 280 g/mol. The second-order valence-corrected chi connectivity index (χ2v) is 4.70. The molecule has 1 amide bonds. The average molecular weight is 280 g/mol. The van der Waals surface area contributed by atoms with Crippen LogP contribution in [0.5, 0.6) is 0 Å². The summed E-state index contributed by atoms with van der Waals surface area (Å²) in [6, 6.07) is 13.9. The highest BCUT2D eigenvalue weighted by atomic mass is 16.4. The highest BCUT2D eigenvalue weighted by Crippen LogP contribution is 2.29. The summed E-state index contributed by atoms with van der Waals surface area (Å²) in [7, 11) is 0. The maximum Gasteiger partial charge on any atom is 0.335 e. The molecule has 104 valence electrons. The summed E-state index contributed by atoms with van der Waals surface area (Å²) >= 11 is 0. The average Bonchev–Trinajstić information content (AvgIpc) is 2.91.